The van der Waals surface area contributed by atoms with Crippen LogP contribution < -0.4 is 10.1 Å². The first-order chi connectivity index (χ1) is 15.3. The van der Waals surface area contributed by atoms with Crippen LogP contribution >= 0.6 is 11.3 Å². The van der Waals surface area contributed by atoms with Gasteiger partial charge in [-0.2, -0.15) is 4.31 Å². The molecule has 1 unspecified atom stereocenters. The summed E-state index contributed by atoms with van der Waals surface area (Å²) in [5.41, 5.74) is 1.87. The molecule has 170 valence electrons. The maximum atomic E-state index is 13.7. The number of carbonyl (C=O) groups is 1. The zero-order valence-electron chi connectivity index (χ0n) is 18.4. The highest BCUT2D eigenvalue weighted by Crippen LogP contribution is 2.30. The quantitative estimate of drug-likeness (QED) is 0.480. The third-order valence-electron chi connectivity index (χ3n) is 5.09. The lowest BCUT2D eigenvalue weighted by atomic mass is 10.1. The molecule has 1 heterocycles. The average Bonchev–Trinajstić information content (AvgIpc) is 3.27. The van der Waals surface area contributed by atoms with E-state index in [0.717, 1.165) is 21.8 Å². The zero-order chi connectivity index (χ0) is 23.1. The Bertz CT molecular complexity index is 1140. The van der Waals surface area contributed by atoms with E-state index in [1.807, 2.05) is 61.5 Å². The number of hydrogen-bond acceptors (Lipinski definition) is 5. The number of sulfonamides is 1. The van der Waals surface area contributed by atoms with E-state index in [4.69, 9.17) is 4.74 Å². The molecule has 0 saturated heterocycles. The van der Waals surface area contributed by atoms with Crippen molar-refractivity contribution < 1.29 is 17.9 Å². The highest BCUT2D eigenvalue weighted by atomic mass is 32.2. The Labute approximate surface area is 193 Å². The minimum Gasteiger partial charge on any atom is -0.496 e. The van der Waals surface area contributed by atoms with Gasteiger partial charge in [-0.1, -0.05) is 48.5 Å². The molecule has 0 aliphatic carbocycles. The number of hydrogen-bond donors (Lipinski definition) is 1. The molecular formula is C24H28N2O4S2. The zero-order valence-corrected chi connectivity index (χ0v) is 20.1. The van der Waals surface area contributed by atoms with Crippen molar-refractivity contribution >= 4 is 27.3 Å². The maximum absolute atomic E-state index is 13.7. The van der Waals surface area contributed by atoms with E-state index >= 15 is 0 Å². The molecule has 6 nitrogen and oxygen atoms in total. The summed E-state index contributed by atoms with van der Waals surface area (Å²) in [5.74, 6) is 0.587. The van der Waals surface area contributed by atoms with Gasteiger partial charge in [0.25, 0.3) is 10.0 Å². The van der Waals surface area contributed by atoms with Crippen LogP contribution in [0.15, 0.2) is 70.9 Å². The molecule has 8 heteroatoms. The van der Waals surface area contributed by atoms with Crippen LogP contribution in [0.5, 0.6) is 5.75 Å². The number of thiophene rings is 1. The van der Waals surface area contributed by atoms with E-state index in [1.54, 1.807) is 23.5 Å². The number of nitrogens with one attached hydrogen (secondary N) is 1. The fourth-order valence-corrected chi connectivity index (χ4v) is 6.49. The number of amides is 1. The fourth-order valence-electron chi connectivity index (χ4n) is 3.45. The van der Waals surface area contributed by atoms with Crippen LogP contribution in [0.25, 0.3) is 0 Å². The molecule has 0 saturated carbocycles. The molecule has 2 aromatic carbocycles. The summed E-state index contributed by atoms with van der Waals surface area (Å²) < 4.78 is 34.7. The van der Waals surface area contributed by atoms with Gasteiger partial charge in [-0.15, -0.1) is 11.3 Å². The molecule has 1 amide bonds. The van der Waals surface area contributed by atoms with E-state index in [2.05, 4.69) is 5.32 Å². The van der Waals surface area contributed by atoms with Gasteiger partial charge in [0, 0.05) is 24.4 Å². The number of methoxy groups -OCH3 is 1. The molecule has 0 aliphatic rings. The standard InChI is InChI=1S/C24H28N2O4S2/c1-18(15-21-11-7-8-12-23(21)30-3)26(17-20-9-5-4-6-10-20)32(28,29)24-14-13-22(31-24)16-25-19(2)27/h4-14,18H,15-17H2,1-3H3,(H,25,27). The SMILES string of the molecule is COc1ccccc1CC(C)N(Cc1ccccc1)S(=O)(=O)c1ccc(CNC(C)=O)s1. The Balaban J connectivity index is 1.91. The number of rotatable bonds is 10. The number of benzene rings is 2. The number of carbonyl (C=O) groups excluding carboxylic acids is 1. The van der Waals surface area contributed by atoms with Gasteiger partial charge in [0.1, 0.15) is 9.96 Å². The van der Waals surface area contributed by atoms with Gasteiger partial charge < -0.3 is 10.1 Å². The minimum absolute atomic E-state index is 0.154. The first-order valence-electron chi connectivity index (χ1n) is 10.3. The molecule has 3 aromatic rings. The monoisotopic (exact) mass is 472 g/mol. The van der Waals surface area contributed by atoms with E-state index in [-0.39, 0.29) is 22.7 Å². The summed E-state index contributed by atoms with van der Waals surface area (Å²) in [6.07, 6.45) is 0.514. The molecule has 1 aromatic heterocycles. The minimum atomic E-state index is -3.76. The molecular weight excluding hydrogens is 444 g/mol. The first-order valence-corrected chi connectivity index (χ1v) is 12.6. The van der Waals surface area contributed by atoms with Gasteiger partial charge >= 0.3 is 0 Å². The van der Waals surface area contributed by atoms with Gasteiger partial charge in [0.2, 0.25) is 5.91 Å². The van der Waals surface area contributed by atoms with Gasteiger partial charge in [-0.25, -0.2) is 8.42 Å². The van der Waals surface area contributed by atoms with Gasteiger partial charge in [-0.05, 0) is 42.7 Å². The van der Waals surface area contributed by atoms with E-state index < -0.39 is 10.0 Å². The first kappa shape index (κ1) is 24.0. The summed E-state index contributed by atoms with van der Waals surface area (Å²) in [6, 6.07) is 20.3. The molecule has 0 radical (unpaired) electrons. The molecule has 1 atom stereocenters. The molecule has 0 fully saturated rings. The molecule has 0 spiro atoms. The second-order valence-electron chi connectivity index (χ2n) is 7.53. The van der Waals surface area contributed by atoms with Gasteiger partial charge in [-0.3, -0.25) is 4.79 Å². The predicted molar refractivity (Wildman–Crippen MR) is 127 cm³/mol. The van der Waals surface area contributed by atoms with Crippen LogP contribution in [-0.4, -0.2) is 31.8 Å². The van der Waals surface area contributed by atoms with Crippen LogP contribution in [0.2, 0.25) is 0 Å². The Kier molecular flexibility index (Phi) is 8.06. The lowest BCUT2D eigenvalue weighted by Gasteiger charge is -2.28. The van der Waals surface area contributed by atoms with E-state index in [9.17, 15) is 13.2 Å². The van der Waals surface area contributed by atoms with Crippen LogP contribution in [0.1, 0.15) is 29.9 Å². The van der Waals surface area contributed by atoms with Crippen molar-refractivity contribution in [2.24, 2.45) is 0 Å². The second-order valence-corrected chi connectivity index (χ2v) is 10.8. The molecule has 0 aliphatic heterocycles. The van der Waals surface area contributed by atoms with Crippen LogP contribution in [0, 0.1) is 0 Å². The predicted octanol–water partition coefficient (Wildman–Crippen LogP) is 4.21. The highest BCUT2D eigenvalue weighted by Gasteiger charge is 2.31. The van der Waals surface area contributed by atoms with Crippen molar-refractivity contribution in [2.45, 2.75) is 43.6 Å². The third-order valence-corrected chi connectivity index (χ3v) is 8.60. The third kappa shape index (κ3) is 5.97. The molecule has 0 bridgehead atoms. The topological polar surface area (TPSA) is 75.7 Å². The second kappa shape index (κ2) is 10.8. The lowest BCUT2D eigenvalue weighted by molar-refractivity contribution is -0.119. The van der Waals surface area contributed by atoms with Crippen LogP contribution in [0.4, 0.5) is 0 Å². The number of nitrogens with zero attached hydrogens (tertiary/aromatic N) is 1. The summed E-state index contributed by atoms with van der Waals surface area (Å²) in [4.78, 5) is 12.0. The summed E-state index contributed by atoms with van der Waals surface area (Å²) in [6.45, 7) is 3.93. The molecule has 3 rings (SSSR count). The fraction of sp³-hybridized carbons (Fsp3) is 0.292. The van der Waals surface area contributed by atoms with E-state index in [0.29, 0.717) is 13.0 Å². The Morgan fingerprint density at radius 2 is 1.75 bits per heavy atom. The number of para-hydroxylation sites is 1. The van der Waals surface area contributed by atoms with Crippen molar-refractivity contribution in [1.82, 2.24) is 9.62 Å². The summed E-state index contributed by atoms with van der Waals surface area (Å²) in [7, 11) is -2.14. The van der Waals surface area contributed by atoms with Crippen molar-refractivity contribution in [3.8, 4) is 5.75 Å². The Hall–Kier alpha value is -2.68. The normalized spacial score (nSPS) is 12.5. The largest absolute Gasteiger partial charge is 0.496 e. The highest BCUT2D eigenvalue weighted by molar-refractivity contribution is 7.91. The summed E-state index contributed by atoms with van der Waals surface area (Å²) in [5, 5.41) is 2.71. The smallest absolute Gasteiger partial charge is 0.253 e. The molecule has 32 heavy (non-hydrogen) atoms. The maximum Gasteiger partial charge on any atom is 0.253 e. The average molecular weight is 473 g/mol. The van der Waals surface area contributed by atoms with Crippen LogP contribution in [0.3, 0.4) is 0 Å². The van der Waals surface area contributed by atoms with Gasteiger partial charge in [0.15, 0.2) is 0 Å². The van der Waals surface area contributed by atoms with E-state index in [1.165, 1.54) is 18.3 Å². The summed E-state index contributed by atoms with van der Waals surface area (Å²) >= 11 is 1.18. The van der Waals surface area contributed by atoms with Crippen molar-refractivity contribution in [1.29, 1.82) is 0 Å². The van der Waals surface area contributed by atoms with Crippen molar-refractivity contribution in [3.05, 3.63) is 82.7 Å². The van der Waals surface area contributed by atoms with Gasteiger partial charge in [0.05, 0.1) is 13.7 Å². The lowest BCUT2D eigenvalue weighted by Crippen LogP contribution is -2.39. The van der Waals surface area contributed by atoms with Crippen molar-refractivity contribution in [2.75, 3.05) is 7.11 Å². The molecule has 1 N–H and O–H groups in total. The Morgan fingerprint density at radius 1 is 1.06 bits per heavy atom. The Morgan fingerprint density at radius 3 is 2.44 bits per heavy atom. The van der Waals surface area contributed by atoms with Crippen molar-refractivity contribution in [3.63, 3.8) is 0 Å². The van der Waals surface area contributed by atoms with Crippen LogP contribution in [-0.2, 0) is 34.3 Å². The number of ether oxygens (including phenoxy) is 1.